The number of carbonyl (C=O) groups excluding carboxylic acids is 3. The molecule has 0 aliphatic carbocycles. The van der Waals surface area contributed by atoms with Gasteiger partial charge in [0.2, 0.25) is 5.91 Å². The van der Waals surface area contributed by atoms with Gasteiger partial charge in [-0.25, -0.2) is 0 Å². The normalized spacial score (nSPS) is 23.0. The molecule has 0 radical (unpaired) electrons. The molecule has 0 spiro atoms. The summed E-state index contributed by atoms with van der Waals surface area (Å²) in [6, 6.07) is 16.4. The summed E-state index contributed by atoms with van der Waals surface area (Å²) in [6.45, 7) is 9.10. The van der Waals surface area contributed by atoms with Crippen molar-refractivity contribution in [3.8, 4) is 0 Å². The monoisotopic (exact) mass is 449 g/mol. The molecule has 2 aromatic carbocycles. The van der Waals surface area contributed by atoms with Gasteiger partial charge >= 0.3 is 0 Å². The molecule has 33 heavy (non-hydrogen) atoms. The Hall–Kier alpha value is -3.03. The van der Waals surface area contributed by atoms with E-state index in [-0.39, 0.29) is 17.7 Å². The molecule has 7 nitrogen and oxygen atoms in total. The van der Waals surface area contributed by atoms with Crippen molar-refractivity contribution in [2.24, 2.45) is 17.8 Å². The molecule has 2 aliphatic rings. The van der Waals surface area contributed by atoms with Gasteiger partial charge in [-0.15, -0.1) is 0 Å². The van der Waals surface area contributed by atoms with Crippen molar-refractivity contribution in [1.29, 1.82) is 0 Å². The first kappa shape index (κ1) is 23.1. The largest absolute Gasteiger partial charge is 0.301 e. The Bertz CT molecular complexity index is 978. The standard InChI is InChI=1S/C26H31N3O4/c1-18-15-27(13-14-28-25(31)22-11-7-8-12-23(22)26(28)32)16-19(2)24(18)17-33-29(20(3)30)21-9-5-4-6-10-21/h4-12,18-19,24H,13-17H2,1-3H3. The Morgan fingerprint density at radius 3 is 2.00 bits per heavy atom. The van der Waals surface area contributed by atoms with Crippen LogP contribution in [-0.2, 0) is 9.63 Å². The van der Waals surface area contributed by atoms with E-state index in [0.717, 1.165) is 18.8 Å². The average Bonchev–Trinajstić information content (AvgIpc) is 3.04. The van der Waals surface area contributed by atoms with E-state index in [1.807, 2.05) is 30.3 Å². The fourth-order valence-corrected chi connectivity index (χ4v) is 4.99. The van der Waals surface area contributed by atoms with E-state index in [0.29, 0.717) is 48.6 Å². The number of hydrogen-bond donors (Lipinski definition) is 0. The van der Waals surface area contributed by atoms with Crippen molar-refractivity contribution in [1.82, 2.24) is 9.80 Å². The first-order chi connectivity index (χ1) is 15.9. The average molecular weight is 450 g/mol. The van der Waals surface area contributed by atoms with E-state index >= 15 is 0 Å². The van der Waals surface area contributed by atoms with Crippen LogP contribution in [-0.4, -0.2) is 60.3 Å². The minimum atomic E-state index is -0.204. The van der Waals surface area contributed by atoms with Gasteiger partial charge in [0.15, 0.2) is 0 Å². The maximum Gasteiger partial charge on any atom is 0.261 e. The number of anilines is 1. The molecule has 2 unspecified atom stereocenters. The first-order valence-electron chi connectivity index (χ1n) is 11.5. The number of rotatable bonds is 7. The van der Waals surface area contributed by atoms with E-state index in [4.69, 9.17) is 4.84 Å². The molecule has 1 fully saturated rings. The summed E-state index contributed by atoms with van der Waals surface area (Å²) in [7, 11) is 0. The van der Waals surface area contributed by atoms with E-state index in [1.54, 1.807) is 24.3 Å². The quantitative estimate of drug-likeness (QED) is 0.478. The molecule has 2 atom stereocenters. The molecule has 0 aromatic heterocycles. The zero-order chi connectivity index (χ0) is 23.5. The van der Waals surface area contributed by atoms with E-state index in [1.165, 1.54) is 16.9 Å². The zero-order valence-electron chi connectivity index (χ0n) is 19.4. The summed E-state index contributed by atoms with van der Waals surface area (Å²) >= 11 is 0. The second kappa shape index (κ2) is 9.85. The van der Waals surface area contributed by atoms with Crippen molar-refractivity contribution in [2.75, 3.05) is 37.8 Å². The summed E-state index contributed by atoms with van der Waals surface area (Å²) in [6.07, 6.45) is 0. The fourth-order valence-electron chi connectivity index (χ4n) is 4.99. The Morgan fingerprint density at radius 2 is 1.45 bits per heavy atom. The van der Waals surface area contributed by atoms with Crippen molar-refractivity contribution in [3.63, 3.8) is 0 Å². The molecule has 2 heterocycles. The summed E-state index contributed by atoms with van der Waals surface area (Å²) in [5.74, 6) is 0.433. The number of carbonyl (C=O) groups is 3. The van der Waals surface area contributed by atoms with Crippen LogP contribution in [0.4, 0.5) is 5.69 Å². The van der Waals surface area contributed by atoms with Gasteiger partial charge in [0.1, 0.15) is 0 Å². The molecule has 0 bridgehead atoms. The van der Waals surface area contributed by atoms with Crippen LogP contribution in [0, 0.1) is 17.8 Å². The maximum absolute atomic E-state index is 12.6. The van der Waals surface area contributed by atoms with Crippen LogP contribution in [0.1, 0.15) is 41.5 Å². The van der Waals surface area contributed by atoms with Gasteiger partial charge in [-0.2, -0.15) is 5.06 Å². The lowest BCUT2D eigenvalue weighted by atomic mass is 9.80. The highest BCUT2D eigenvalue weighted by atomic mass is 16.7. The van der Waals surface area contributed by atoms with Crippen LogP contribution in [0.15, 0.2) is 54.6 Å². The molecule has 4 rings (SSSR count). The highest BCUT2D eigenvalue weighted by molar-refractivity contribution is 6.21. The third-order valence-electron chi connectivity index (χ3n) is 6.74. The van der Waals surface area contributed by atoms with Crippen molar-refractivity contribution in [3.05, 3.63) is 65.7 Å². The Morgan fingerprint density at radius 1 is 0.909 bits per heavy atom. The number of nitrogens with zero attached hydrogens (tertiary/aromatic N) is 3. The molecule has 1 saturated heterocycles. The smallest absolute Gasteiger partial charge is 0.261 e. The van der Waals surface area contributed by atoms with E-state index in [2.05, 4.69) is 18.7 Å². The minimum absolute atomic E-state index is 0.153. The lowest BCUT2D eigenvalue weighted by molar-refractivity contribution is -0.125. The molecule has 2 aromatic rings. The summed E-state index contributed by atoms with van der Waals surface area (Å²) in [4.78, 5) is 47.0. The number of imide groups is 1. The number of likely N-dealkylation sites (tertiary alicyclic amines) is 1. The molecular formula is C26H31N3O4. The minimum Gasteiger partial charge on any atom is -0.301 e. The lowest BCUT2D eigenvalue weighted by Gasteiger charge is -2.42. The lowest BCUT2D eigenvalue weighted by Crippen LogP contribution is -2.49. The molecule has 174 valence electrons. The molecular weight excluding hydrogens is 418 g/mol. The van der Waals surface area contributed by atoms with Crippen LogP contribution >= 0.6 is 0 Å². The SMILES string of the molecule is CC(=O)N(OCC1C(C)CN(CCN2C(=O)c3ccccc3C2=O)CC1C)c1ccccc1. The number of amides is 3. The van der Waals surface area contributed by atoms with Crippen molar-refractivity contribution < 1.29 is 19.2 Å². The Balaban J connectivity index is 1.32. The van der Waals surface area contributed by atoms with Gasteiger partial charge in [0.05, 0.1) is 23.4 Å². The predicted octanol–water partition coefficient (Wildman–Crippen LogP) is 3.47. The van der Waals surface area contributed by atoms with Crippen LogP contribution in [0.3, 0.4) is 0 Å². The van der Waals surface area contributed by atoms with Crippen molar-refractivity contribution >= 4 is 23.4 Å². The Kier molecular flexibility index (Phi) is 6.91. The summed E-state index contributed by atoms with van der Waals surface area (Å²) in [5.41, 5.74) is 1.71. The number of piperidine rings is 1. The first-order valence-corrected chi connectivity index (χ1v) is 11.5. The molecule has 0 N–H and O–H groups in total. The number of benzene rings is 2. The second-order valence-electron chi connectivity index (χ2n) is 9.13. The van der Waals surface area contributed by atoms with Gasteiger partial charge in [-0.3, -0.25) is 24.1 Å². The van der Waals surface area contributed by atoms with Crippen molar-refractivity contribution in [2.45, 2.75) is 20.8 Å². The predicted molar refractivity (Wildman–Crippen MR) is 126 cm³/mol. The van der Waals surface area contributed by atoms with Crippen LogP contribution in [0.2, 0.25) is 0 Å². The van der Waals surface area contributed by atoms with Crippen LogP contribution < -0.4 is 5.06 Å². The van der Waals surface area contributed by atoms with Gasteiger partial charge < -0.3 is 4.90 Å². The topological polar surface area (TPSA) is 70.2 Å². The number of fused-ring (bicyclic) bond motifs is 1. The molecule has 0 saturated carbocycles. The zero-order valence-corrected chi connectivity index (χ0v) is 19.4. The third-order valence-corrected chi connectivity index (χ3v) is 6.74. The highest BCUT2D eigenvalue weighted by Gasteiger charge is 2.37. The van der Waals surface area contributed by atoms with E-state index < -0.39 is 0 Å². The molecule has 7 heteroatoms. The summed E-state index contributed by atoms with van der Waals surface area (Å²) in [5, 5.41) is 1.37. The Labute approximate surface area is 194 Å². The fraction of sp³-hybridized carbons (Fsp3) is 0.423. The number of para-hydroxylation sites is 1. The van der Waals surface area contributed by atoms with Crippen LogP contribution in [0.25, 0.3) is 0 Å². The molecule has 2 aliphatic heterocycles. The van der Waals surface area contributed by atoms with E-state index in [9.17, 15) is 14.4 Å². The number of hydroxylamine groups is 1. The highest BCUT2D eigenvalue weighted by Crippen LogP contribution is 2.30. The van der Waals surface area contributed by atoms with Gasteiger partial charge in [-0.05, 0) is 42.0 Å². The number of hydrogen-bond acceptors (Lipinski definition) is 5. The maximum atomic E-state index is 12.6. The van der Waals surface area contributed by atoms with Gasteiger partial charge in [0, 0.05) is 33.1 Å². The third kappa shape index (κ3) is 4.84. The van der Waals surface area contributed by atoms with Gasteiger partial charge in [-0.1, -0.05) is 44.2 Å². The van der Waals surface area contributed by atoms with Crippen LogP contribution in [0.5, 0.6) is 0 Å². The molecule has 3 amide bonds. The van der Waals surface area contributed by atoms with Gasteiger partial charge in [0.25, 0.3) is 11.8 Å². The summed E-state index contributed by atoms with van der Waals surface area (Å²) < 4.78 is 0. The second-order valence-corrected chi connectivity index (χ2v) is 9.13.